The minimum atomic E-state index is -1.06. The Kier molecular flexibility index (Phi) is 10.6. The van der Waals surface area contributed by atoms with Crippen LogP contribution in [0.4, 0.5) is 0 Å². The molecular weight excluding hydrogens is 368 g/mol. The van der Waals surface area contributed by atoms with E-state index in [0.717, 1.165) is 12.8 Å². The van der Waals surface area contributed by atoms with Crippen LogP contribution in [0.15, 0.2) is 36.9 Å². The standard InChI is InChI=1S/C28H38O2/c1-3-5-6-7-8-9-10-11-12-13-14-15-16-19-23-28(22-4-2)26(29)24-20-17-18-21-25(24)27(28)30/h4,17-18,20-21H,2-3,5-15,22-23H2,1H3. The van der Waals surface area contributed by atoms with Gasteiger partial charge in [0.15, 0.2) is 11.6 Å². The van der Waals surface area contributed by atoms with E-state index in [1.54, 1.807) is 18.2 Å². The predicted octanol–water partition coefficient (Wildman–Crippen LogP) is 7.72. The molecule has 0 spiro atoms. The molecule has 0 aliphatic heterocycles. The molecule has 2 nitrogen and oxygen atoms in total. The number of hydrogen-bond donors (Lipinski definition) is 0. The van der Waals surface area contributed by atoms with Crippen LogP contribution < -0.4 is 0 Å². The maximum atomic E-state index is 12.9. The molecule has 0 fully saturated rings. The second-order valence-electron chi connectivity index (χ2n) is 8.59. The fourth-order valence-corrected chi connectivity index (χ4v) is 4.34. The van der Waals surface area contributed by atoms with Gasteiger partial charge in [0.05, 0.1) is 0 Å². The zero-order valence-electron chi connectivity index (χ0n) is 18.8. The van der Waals surface area contributed by atoms with Gasteiger partial charge in [0, 0.05) is 24.0 Å². The van der Waals surface area contributed by atoms with Gasteiger partial charge in [-0.3, -0.25) is 9.59 Å². The topological polar surface area (TPSA) is 34.1 Å². The van der Waals surface area contributed by atoms with E-state index in [4.69, 9.17) is 0 Å². The van der Waals surface area contributed by atoms with Gasteiger partial charge in [-0.15, -0.1) is 18.4 Å². The van der Waals surface area contributed by atoms with E-state index in [2.05, 4.69) is 25.3 Å². The minimum Gasteiger partial charge on any atom is -0.293 e. The highest BCUT2D eigenvalue weighted by Crippen LogP contribution is 2.42. The second kappa shape index (κ2) is 13.2. The summed E-state index contributed by atoms with van der Waals surface area (Å²) in [5.41, 5.74) is 0.0169. The Balaban J connectivity index is 1.68. The van der Waals surface area contributed by atoms with Crippen LogP contribution in [-0.4, -0.2) is 11.6 Å². The van der Waals surface area contributed by atoms with Crippen LogP contribution >= 0.6 is 0 Å². The second-order valence-corrected chi connectivity index (χ2v) is 8.59. The highest BCUT2D eigenvalue weighted by Gasteiger charge is 2.51. The number of Topliss-reactive ketones (excluding diaryl/α,β-unsaturated/α-hetero) is 2. The van der Waals surface area contributed by atoms with E-state index in [9.17, 15) is 9.59 Å². The zero-order valence-corrected chi connectivity index (χ0v) is 18.8. The number of rotatable bonds is 14. The lowest BCUT2D eigenvalue weighted by Crippen LogP contribution is -2.32. The van der Waals surface area contributed by atoms with Crippen LogP contribution in [0.25, 0.3) is 0 Å². The largest absolute Gasteiger partial charge is 0.293 e. The molecule has 0 amide bonds. The van der Waals surface area contributed by atoms with Gasteiger partial charge in [-0.25, -0.2) is 0 Å². The highest BCUT2D eigenvalue weighted by molar-refractivity contribution is 6.29. The summed E-state index contributed by atoms with van der Waals surface area (Å²) in [5, 5.41) is 0. The first-order chi connectivity index (χ1) is 14.7. The molecule has 0 aromatic heterocycles. The van der Waals surface area contributed by atoms with E-state index >= 15 is 0 Å². The molecule has 0 atom stereocenters. The molecule has 0 unspecified atom stereocenters. The highest BCUT2D eigenvalue weighted by atomic mass is 16.2. The van der Waals surface area contributed by atoms with Crippen molar-refractivity contribution in [2.45, 2.75) is 96.8 Å². The van der Waals surface area contributed by atoms with E-state index in [0.29, 0.717) is 24.0 Å². The molecule has 162 valence electrons. The first-order valence-electron chi connectivity index (χ1n) is 11.9. The van der Waals surface area contributed by atoms with Crippen LogP contribution in [0.5, 0.6) is 0 Å². The minimum absolute atomic E-state index is 0.0907. The quantitative estimate of drug-likeness (QED) is 0.137. The lowest BCUT2D eigenvalue weighted by atomic mass is 9.76. The molecule has 0 N–H and O–H groups in total. The van der Waals surface area contributed by atoms with Gasteiger partial charge in [-0.05, 0) is 12.8 Å². The Hall–Kier alpha value is -2.14. The summed E-state index contributed by atoms with van der Waals surface area (Å²) in [6.45, 7) is 6.03. The lowest BCUT2D eigenvalue weighted by molar-refractivity contribution is 0.0706. The third kappa shape index (κ3) is 6.43. The van der Waals surface area contributed by atoms with Gasteiger partial charge in [0.25, 0.3) is 0 Å². The monoisotopic (exact) mass is 406 g/mol. The van der Waals surface area contributed by atoms with Gasteiger partial charge >= 0.3 is 0 Å². The van der Waals surface area contributed by atoms with Gasteiger partial charge in [-0.2, -0.15) is 0 Å². The molecule has 2 rings (SSSR count). The molecule has 0 radical (unpaired) electrons. The normalized spacial score (nSPS) is 14.3. The number of carbonyl (C=O) groups is 2. The van der Waals surface area contributed by atoms with Crippen molar-refractivity contribution in [1.29, 1.82) is 0 Å². The summed E-state index contributed by atoms with van der Waals surface area (Å²) in [4.78, 5) is 25.9. The van der Waals surface area contributed by atoms with Crippen LogP contribution in [0.1, 0.15) is 118 Å². The average molecular weight is 407 g/mol. The molecule has 1 aliphatic carbocycles. The van der Waals surface area contributed by atoms with Gasteiger partial charge in [0.2, 0.25) is 0 Å². The maximum Gasteiger partial charge on any atom is 0.178 e. The van der Waals surface area contributed by atoms with Gasteiger partial charge in [0.1, 0.15) is 5.41 Å². The molecule has 0 saturated carbocycles. The smallest absolute Gasteiger partial charge is 0.178 e. The lowest BCUT2D eigenvalue weighted by Gasteiger charge is -2.21. The summed E-state index contributed by atoms with van der Waals surface area (Å²) in [7, 11) is 0. The van der Waals surface area contributed by atoms with Crippen molar-refractivity contribution >= 4 is 11.6 Å². The van der Waals surface area contributed by atoms with Gasteiger partial charge < -0.3 is 0 Å². The van der Waals surface area contributed by atoms with Crippen molar-refractivity contribution in [1.82, 2.24) is 0 Å². The van der Waals surface area contributed by atoms with Crippen LogP contribution in [-0.2, 0) is 0 Å². The van der Waals surface area contributed by atoms with E-state index in [-0.39, 0.29) is 11.6 Å². The molecule has 0 saturated heterocycles. The summed E-state index contributed by atoms with van der Waals surface area (Å²) >= 11 is 0. The summed E-state index contributed by atoms with van der Waals surface area (Å²) in [6, 6.07) is 7.12. The van der Waals surface area contributed by atoms with Crippen molar-refractivity contribution in [3.05, 3.63) is 48.0 Å². The van der Waals surface area contributed by atoms with Crippen LogP contribution in [0.3, 0.4) is 0 Å². The summed E-state index contributed by atoms with van der Waals surface area (Å²) < 4.78 is 0. The van der Waals surface area contributed by atoms with E-state index in [1.165, 1.54) is 64.2 Å². The fraction of sp³-hybridized carbons (Fsp3) is 0.571. The SMILES string of the molecule is C=CCC1(CC#CCCCCCCCCCCCCC)C(=O)c2ccccc2C1=O. The summed E-state index contributed by atoms with van der Waals surface area (Å²) in [6.07, 6.45) is 17.7. The molecule has 2 heteroatoms. The van der Waals surface area contributed by atoms with Crippen molar-refractivity contribution in [3.8, 4) is 11.8 Å². The van der Waals surface area contributed by atoms with E-state index < -0.39 is 5.41 Å². The predicted molar refractivity (Wildman–Crippen MR) is 126 cm³/mol. The van der Waals surface area contributed by atoms with Crippen molar-refractivity contribution in [2.24, 2.45) is 5.41 Å². The van der Waals surface area contributed by atoms with Crippen LogP contribution in [0, 0.1) is 17.3 Å². The molecule has 1 aromatic carbocycles. The molecule has 30 heavy (non-hydrogen) atoms. The maximum absolute atomic E-state index is 12.9. The Labute approximate surface area is 183 Å². The zero-order chi connectivity index (χ0) is 21.7. The van der Waals surface area contributed by atoms with Crippen LogP contribution in [0.2, 0.25) is 0 Å². The van der Waals surface area contributed by atoms with Crippen molar-refractivity contribution < 1.29 is 9.59 Å². The molecule has 1 aliphatic rings. The van der Waals surface area contributed by atoms with E-state index in [1.807, 2.05) is 12.1 Å². The number of hydrogen-bond acceptors (Lipinski definition) is 2. The van der Waals surface area contributed by atoms with Gasteiger partial charge in [-0.1, -0.05) is 101 Å². The summed E-state index contributed by atoms with van der Waals surface area (Å²) in [5.74, 6) is 6.17. The first kappa shape index (κ1) is 24.1. The number of unbranched alkanes of at least 4 members (excludes halogenated alkanes) is 11. The molecular formula is C28H38O2. The number of ketones is 2. The number of benzene rings is 1. The third-order valence-electron chi connectivity index (χ3n) is 6.20. The number of allylic oxidation sites excluding steroid dienone is 1. The number of fused-ring (bicyclic) bond motifs is 1. The first-order valence-corrected chi connectivity index (χ1v) is 11.9. The molecule has 0 heterocycles. The fourth-order valence-electron chi connectivity index (χ4n) is 4.34. The molecule has 1 aromatic rings. The molecule has 0 bridgehead atoms. The van der Waals surface area contributed by atoms with Crippen molar-refractivity contribution in [2.75, 3.05) is 0 Å². The Morgan fingerprint density at radius 1 is 0.800 bits per heavy atom. The average Bonchev–Trinajstić information content (AvgIpc) is 2.97. The Morgan fingerprint density at radius 3 is 1.80 bits per heavy atom. The Bertz CT molecular complexity index is 727. The Morgan fingerprint density at radius 2 is 1.30 bits per heavy atom. The third-order valence-corrected chi connectivity index (χ3v) is 6.20. The number of carbonyl (C=O) groups excluding carboxylic acids is 2. The van der Waals surface area contributed by atoms with Crippen molar-refractivity contribution in [3.63, 3.8) is 0 Å².